The number of nitrogens with two attached hydrogens (primary N) is 1. The lowest BCUT2D eigenvalue weighted by atomic mass is 9.65. The Morgan fingerprint density at radius 3 is 1.12 bits per heavy atom. The van der Waals surface area contributed by atoms with E-state index in [1.807, 2.05) is 0 Å². The Hall–Kier alpha value is -0.0400. The van der Waals surface area contributed by atoms with Gasteiger partial charge in [-0.2, -0.15) is 0 Å². The molecule has 3 saturated carbocycles. The van der Waals surface area contributed by atoms with Crippen molar-refractivity contribution in [3.63, 3.8) is 0 Å². The Bertz CT molecular complexity index is 207. The van der Waals surface area contributed by atoms with Crippen molar-refractivity contribution in [2.24, 2.45) is 23.5 Å². The van der Waals surface area contributed by atoms with E-state index in [2.05, 4.69) is 0 Å². The molecule has 3 aliphatic carbocycles. The first-order chi connectivity index (χ1) is 8.23. The first kappa shape index (κ1) is 12.0. The average Bonchev–Trinajstić information content (AvgIpc) is 2.13. The fraction of sp³-hybridized carbons (Fsp3) is 1.00. The average molecular weight is 235 g/mol. The SMILES string of the molecule is NC(CC1CCC1)(CC1CCC1)CC1CCC1. The molecule has 1 heteroatoms. The third-order valence-electron chi connectivity index (χ3n) is 5.76. The monoisotopic (exact) mass is 235 g/mol. The van der Waals surface area contributed by atoms with Gasteiger partial charge in [0, 0.05) is 5.54 Å². The van der Waals surface area contributed by atoms with E-state index >= 15 is 0 Å². The maximum absolute atomic E-state index is 6.83. The van der Waals surface area contributed by atoms with Crippen LogP contribution >= 0.6 is 0 Å². The van der Waals surface area contributed by atoms with Crippen LogP contribution in [0.3, 0.4) is 0 Å². The predicted octanol–water partition coefficient (Wildman–Crippen LogP) is 4.25. The summed E-state index contributed by atoms with van der Waals surface area (Å²) in [5.41, 5.74) is 7.05. The summed E-state index contributed by atoms with van der Waals surface area (Å²) < 4.78 is 0. The van der Waals surface area contributed by atoms with Gasteiger partial charge >= 0.3 is 0 Å². The van der Waals surface area contributed by atoms with E-state index in [1.54, 1.807) is 0 Å². The summed E-state index contributed by atoms with van der Waals surface area (Å²) in [4.78, 5) is 0. The lowest BCUT2D eigenvalue weighted by Crippen LogP contribution is -2.47. The van der Waals surface area contributed by atoms with E-state index in [4.69, 9.17) is 5.73 Å². The summed E-state index contributed by atoms with van der Waals surface area (Å²) in [5.74, 6) is 2.96. The van der Waals surface area contributed by atoms with E-state index in [-0.39, 0.29) is 5.54 Å². The zero-order valence-corrected chi connectivity index (χ0v) is 11.3. The van der Waals surface area contributed by atoms with Crippen LogP contribution in [0.25, 0.3) is 0 Å². The molecule has 0 unspecified atom stereocenters. The van der Waals surface area contributed by atoms with Gasteiger partial charge in [-0.1, -0.05) is 57.8 Å². The molecule has 0 radical (unpaired) electrons. The predicted molar refractivity (Wildman–Crippen MR) is 72.8 cm³/mol. The second kappa shape index (κ2) is 4.91. The van der Waals surface area contributed by atoms with Crippen LogP contribution in [-0.2, 0) is 0 Å². The minimum absolute atomic E-state index is 0.223. The molecule has 1 nitrogen and oxygen atoms in total. The smallest absolute Gasteiger partial charge is 0.0162 e. The second-order valence-corrected chi connectivity index (χ2v) is 7.37. The summed E-state index contributed by atoms with van der Waals surface area (Å²) in [7, 11) is 0. The molecule has 0 saturated heterocycles. The van der Waals surface area contributed by atoms with Crippen LogP contribution < -0.4 is 5.73 Å². The molecule has 3 fully saturated rings. The van der Waals surface area contributed by atoms with Crippen LogP contribution in [0.5, 0.6) is 0 Å². The molecule has 0 aliphatic heterocycles. The molecule has 0 bridgehead atoms. The number of rotatable bonds is 6. The fourth-order valence-corrected chi connectivity index (χ4v) is 4.07. The van der Waals surface area contributed by atoms with Gasteiger partial charge in [0.15, 0.2) is 0 Å². The van der Waals surface area contributed by atoms with Gasteiger partial charge in [-0.3, -0.25) is 0 Å². The topological polar surface area (TPSA) is 26.0 Å². The van der Waals surface area contributed by atoms with Crippen LogP contribution in [0.15, 0.2) is 0 Å². The van der Waals surface area contributed by atoms with E-state index < -0.39 is 0 Å². The molecular formula is C16H29N. The molecule has 0 aromatic heterocycles. The van der Waals surface area contributed by atoms with E-state index in [0.29, 0.717) is 0 Å². The zero-order chi connectivity index (χ0) is 11.7. The van der Waals surface area contributed by atoms with Crippen LogP contribution in [0.4, 0.5) is 0 Å². The Kier molecular flexibility index (Phi) is 3.47. The second-order valence-electron chi connectivity index (χ2n) is 7.37. The highest BCUT2D eigenvalue weighted by atomic mass is 14.8. The van der Waals surface area contributed by atoms with Gasteiger partial charge in [-0.05, 0) is 37.0 Å². The molecule has 0 spiro atoms. The van der Waals surface area contributed by atoms with Crippen molar-refractivity contribution < 1.29 is 0 Å². The van der Waals surface area contributed by atoms with Crippen LogP contribution in [0, 0.1) is 17.8 Å². The summed E-state index contributed by atoms with van der Waals surface area (Å²) in [6, 6.07) is 0. The Morgan fingerprint density at radius 1 is 0.647 bits per heavy atom. The number of hydrogen-bond acceptors (Lipinski definition) is 1. The third-order valence-corrected chi connectivity index (χ3v) is 5.76. The van der Waals surface area contributed by atoms with Gasteiger partial charge in [0.25, 0.3) is 0 Å². The third kappa shape index (κ3) is 2.86. The van der Waals surface area contributed by atoms with Gasteiger partial charge in [0.2, 0.25) is 0 Å². The Balaban J connectivity index is 1.55. The molecule has 98 valence electrons. The van der Waals surface area contributed by atoms with Crippen molar-refractivity contribution in [3.05, 3.63) is 0 Å². The Labute approximate surface area is 107 Å². The lowest BCUT2D eigenvalue weighted by Gasteiger charge is -2.44. The van der Waals surface area contributed by atoms with E-state index in [0.717, 1.165) is 17.8 Å². The standard InChI is InChI=1S/C16H29N/c17-16(10-13-4-1-5-13,11-14-6-2-7-14)12-15-8-3-9-15/h13-15H,1-12,17H2. The molecule has 0 aromatic carbocycles. The molecule has 3 rings (SSSR count). The highest BCUT2D eigenvalue weighted by molar-refractivity contribution is 4.95. The first-order valence-corrected chi connectivity index (χ1v) is 8.02. The normalized spacial score (nSPS) is 27.4. The summed E-state index contributed by atoms with van der Waals surface area (Å²) in [6.07, 6.45) is 17.2. The molecule has 17 heavy (non-hydrogen) atoms. The number of hydrogen-bond donors (Lipinski definition) is 1. The summed E-state index contributed by atoms with van der Waals surface area (Å²) in [5, 5.41) is 0. The zero-order valence-electron chi connectivity index (χ0n) is 11.3. The van der Waals surface area contributed by atoms with Gasteiger partial charge in [0.1, 0.15) is 0 Å². The molecule has 0 aromatic rings. The fourth-order valence-electron chi connectivity index (χ4n) is 4.07. The summed E-state index contributed by atoms with van der Waals surface area (Å²) in [6.45, 7) is 0. The minimum Gasteiger partial charge on any atom is -0.325 e. The van der Waals surface area contributed by atoms with Crippen molar-refractivity contribution in [2.45, 2.75) is 82.6 Å². The largest absolute Gasteiger partial charge is 0.325 e. The van der Waals surface area contributed by atoms with Gasteiger partial charge in [0.05, 0.1) is 0 Å². The molecular weight excluding hydrogens is 206 g/mol. The van der Waals surface area contributed by atoms with Crippen molar-refractivity contribution in [2.75, 3.05) is 0 Å². The van der Waals surface area contributed by atoms with Crippen LogP contribution in [-0.4, -0.2) is 5.54 Å². The van der Waals surface area contributed by atoms with Crippen molar-refractivity contribution in [1.29, 1.82) is 0 Å². The van der Waals surface area contributed by atoms with E-state index in [1.165, 1.54) is 77.0 Å². The van der Waals surface area contributed by atoms with Crippen molar-refractivity contribution in [3.8, 4) is 0 Å². The van der Waals surface area contributed by atoms with Gasteiger partial charge < -0.3 is 5.73 Å². The first-order valence-electron chi connectivity index (χ1n) is 8.02. The van der Waals surface area contributed by atoms with E-state index in [9.17, 15) is 0 Å². The van der Waals surface area contributed by atoms with Crippen LogP contribution in [0.1, 0.15) is 77.0 Å². The molecule has 2 N–H and O–H groups in total. The Morgan fingerprint density at radius 2 is 0.941 bits per heavy atom. The highest BCUT2D eigenvalue weighted by Gasteiger charge is 2.37. The maximum atomic E-state index is 6.83. The molecule has 0 amide bonds. The van der Waals surface area contributed by atoms with Gasteiger partial charge in [-0.15, -0.1) is 0 Å². The molecule has 0 heterocycles. The summed E-state index contributed by atoms with van der Waals surface area (Å²) >= 11 is 0. The van der Waals surface area contributed by atoms with Crippen molar-refractivity contribution in [1.82, 2.24) is 0 Å². The minimum atomic E-state index is 0.223. The molecule has 3 aliphatic rings. The van der Waals surface area contributed by atoms with Gasteiger partial charge in [-0.25, -0.2) is 0 Å². The van der Waals surface area contributed by atoms with Crippen molar-refractivity contribution >= 4 is 0 Å². The maximum Gasteiger partial charge on any atom is 0.0162 e. The highest BCUT2D eigenvalue weighted by Crippen LogP contribution is 2.44. The van der Waals surface area contributed by atoms with Crippen LogP contribution in [0.2, 0.25) is 0 Å². The molecule has 0 atom stereocenters. The lowest BCUT2D eigenvalue weighted by molar-refractivity contribution is 0.122. The quantitative estimate of drug-likeness (QED) is 0.731.